The molecule has 4 heteroatoms. The summed E-state index contributed by atoms with van der Waals surface area (Å²) >= 11 is 3.53. The van der Waals surface area contributed by atoms with Crippen LogP contribution in [-0.4, -0.2) is 17.9 Å². The minimum absolute atomic E-state index is 0.0911. The summed E-state index contributed by atoms with van der Waals surface area (Å²) in [4.78, 5) is 13.9. The van der Waals surface area contributed by atoms with Gasteiger partial charge in [0.1, 0.15) is 5.75 Å². The number of amides is 1. The lowest BCUT2D eigenvalue weighted by Gasteiger charge is -2.22. The quantitative estimate of drug-likeness (QED) is 0.724. The molecule has 2 aromatic carbocycles. The fourth-order valence-corrected chi connectivity index (χ4v) is 2.62. The summed E-state index contributed by atoms with van der Waals surface area (Å²) in [5.41, 5.74) is 2.11. The summed E-state index contributed by atoms with van der Waals surface area (Å²) < 4.78 is 6.11. The Balaban J connectivity index is 2.20. The van der Waals surface area contributed by atoms with Crippen LogP contribution >= 0.6 is 15.9 Å². The average molecular weight is 360 g/mol. The lowest BCUT2D eigenvalue weighted by molar-refractivity contribution is -0.127. The predicted octanol–water partition coefficient (Wildman–Crippen LogP) is 4.17. The van der Waals surface area contributed by atoms with Gasteiger partial charge in [-0.3, -0.25) is 4.79 Å². The standard InChI is InChI=1S/C18H18BrNO2/c1-3-18(21)20(12-14-7-5-4-6-8-14)13-15-9-10-16(22-2)11-17(15)19/h3-11H,1,12-13H2,2H3. The minimum Gasteiger partial charge on any atom is -0.497 e. The number of halogens is 1. The van der Waals surface area contributed by atoms with Gasteiger partial charge in [-0.25, -0.2) is 0 Å². The van der Waals surface area contributed by atoms with E-state index in [0.29, 0.717) is 13.1 Å². The Labute approximate surface area is 139 Å². The monoisotopic (exact) mass is 359 g/mol. The maximum atomic E-state index is 12.1. The summed E-state index contributed by atoms with van der Waals surface area (Å²) in [5, 5.41) is 0. The molecule has 2 aromatic rings. The first-order valence-corrected chi connectivity index (χ1v) is 7.71. The van der Waals surface area contributed by atoms with Crippen LogP contribution < -0.4 is 4.74 Å². The maximum Gasteiger partial charge on any atom is 0.246 e. The fourth-order valence-electron chi connectivity index (χ4n) is 2.13. The van der Waals surface area contributed by atoms with E-state index in [1.165, 1.54) is 6.08 Å². The van der Waals surface area contributed by atoms with Gasteiger partial charge in [-0.05, 0) is 29.3 Å². The molecule has 0 fully saturated rings. The van der Waals surface area contributed by atoms with Crippen LogP contribution in [0.15, 0.2) is 65.7 Å². The maximum absolute atomic E-state index is 12.1. The van der Waals surface area contributed by atoms with Gasteiger partial charge < -0.3 is 9.64 Å². The highest BCUT2D eigenvalue weighted by atomic mass is 79.9. The van der Waals surface area contributed by atoms with Gasteiger partial charge in [0.25, 0.3) is 0 Å². The van der Waals surface area contributed by atoms with Crippen LogP contribution in [0.1, 0.15) is 11.1 Å². The van der Waals surface area contributed by atoms with Gasteiger partial charge in [-0.15, -0.1) is 0 Å². The number of methoxy groups -OCH3 is 1. The molecule has 0 N–H and O–H groups in total. The molecule has 0 heterocycles. The molecular formula is C18H18BrNO2. The van der Waals surface area contributed by atoms with Gasteiger partial charge in [0.05, 0.1) is 7.11 Å². The zero-order valence-corrected chi connectivity index (χ0v) is 14.0. The number of rotatable bonds is 6. The molecule has 0 saturated carbocycles. The van der Waals surface area contributed by atoms with E-state index in [-0.39, 0.29) is 5.91 Å². The van der Waals surface area contributed by atoms with Crippen molar-refractivity contribution in [2.75, 3.05) is 7.11 Å². The molecule has 0 aromatic heterocycles. The van der Waals surface area contributed by atoms with Crippen molar-refractivity contribution in [2.24, 2.45) is 0 Å². The number of benzene rings is 2. The summed E-state index contributed by atoms with van der Waals surface area (Å²) in [6.45, 7) is 4.64. The highest BCUT2D eigenvalue weighted by molar-refractivity contribution is 9.10. The van der Waals surface area contributed by atoms with Gasteiger partial charge >= 0.3 is 0 Å². The Hall–Kier alpha value is -2.07. The van der Waals surface area contributed by atoms with E-state index in [0.717, 1.165) is 21.3 Å². The molecule has 0 aliphatic carbocycles. The lowest BCUT2D eigenvalue weighted by atomic mass is 10.1. The minimum atomic E-state index is -0.0911. The van der Waals surface area contributed by atoms with Crippen LogP contribution in [0.5, 0.6) is 5.75 Å². The van der Waals surface area contributed by atoms with Crippen LogP contribution in [0.25, 0.3) is 0 Å². The molecule has 0 aliphatic heterocycles. The van der Waals surface area contributed by atoms with Crippen LogP contribution in [0.2, 0.25) is 0 Å². The molecule has 0 bridgehead atoms. The molecule has 0 unspecified atom stereocenters. The highest BCUT2D eigenvalue weighted by Gasteiger charge is 2.13. The zero-order valence-electron chi connectivity index (χ0n) is 12.5. The Kier molecular flexibility index (Phi) is 5.78. The smallest absolute Gasteiger partial charge is 0.246 e. The third-order valence-corrected chi connectivity index (χ3v) is 4.06. The first kappa shape index (κ1) is 16.3. The molecule has 0 aliphatic rings. The largest absolute Gasteiger partial charge is 0.497 e. The normalized spacial score (nSPS) is 10.1. The van der Waals surface area contributed by atoms with Gasteiger partial charge in [-0.1, -0.05) is 58.9 Å². The second-order valence-electron chi connectivity index (χ2n) is 4.84. The van der Waals surface area contributed by atoms with Crippen molar-refractivity contribution in [2.45, 2.75) is 13.1 Å². The van der Waals surface area contributed by atoms with E-state index < -0.39 is 0 Å². The molecule has 114 valence electrons. The Morgan fingerprint density at radius 3 is 2.55 bits per heavy atom. The van der Waals surface area contributed by atoms with Crippen LogP contribution in [0.4, 0.5) is 0 Å². The summed E-state index contributed by atoms with van der Waals surface area (Å²) in [6, 6.07) is 15.7. The Bertz CT molecular complexity index is 655. The molecule has 0 spiro atoms. The number of ether oxygens (including phenoxy) is 1. The SMILES string of the molecule is C=CC(=O)N(Cc1ccccc1)Cc1ccc(OC)cc1Br. The summed E-state index contributed by atoms with van der Waals surface area (Å²) in [5.74, 6) is 0.687. The molecule has 0 atom stereocenters. The van der Waals surface area contributed by atoms with Crippen molar-refractivity contribution in [1.29, 1.82) is 0 Å². The average Bonchev–Trinajstić information content (AvgIpc) is 2.56. The number of nitrogens with zero attached hydrogens (tertiary/aromatic N) is 1. The molecule has 3 nitrogen and oxygen atoms in total. The van der Waals surface area contributed by atoms with Gasteiger partial charge in [0, 0.05) is 17.6 Å². The molecule has 1 amide bonds. The van der Waals surface area contributed by atoms with E-state index in [2.05, 4.69) is 22.5 Å². The third-order valence-electron chi connectivity index (χ3n) is 3.32. The first-order chi connectivity index (χ1) is 10.6. The number of hydrogen-bond donors (Lipinski definition) is 0. The number of hydrogen-bond acceptors (Lipinski definition) is 2. The van der Waals surface area contributed by atoms with E-state index in [4.69, 9.17) is 4.74 Å². The van der Waals surface area contributed by atoms with Crippen LogP contribution in [0, 0.1) is 0 Å². The molecule has 0 saturated heterocycles. The molecule has 22 heavy (non-hydrogen) atoms. The van der Waals surface area contributed by atoms with Gasteiger partial charge in [0.15, 0.2) is 0 Å². The Morgan fingerprint density at radius 2 is 1.95 bits per heavy atom. The van der Waals surface area contributed by atoms with Crippen molar-refractivity contribution < 1.29 is 9.53 Å². The molecule has 0 radical (unpaired) electrons. The van der Waals surface area contributed by atoms with Crippen molar-refractivity contribution in [3.63, 3.8) is 0 Å². The van der Waals surface area contributed by atoms with Crippen molar-refractivity contribution >= 4 is 21.8 Å². The van der Waals surface area contributed by atoms with E-state index in [1.54, 1.807) is 12.0 Å². The van der Waals surface area contributed by atoms with E-state index in [1.807, 2.05) is 48.5 Å². The Morgan fingerprint density at radius 1 is 1.23 bits per heavy atom. The molecular weight excluding hydrogens is 342 g/mol. The number of carbonyl (C=O) groups excluding carboxylic acids is 1. The molecule has 2 rings (SSSR count). The topological polar surface area (TPSA) is 29.5 Å². The zero-order chi connectivity index (χ0) is 15.9. The number of carbonyl (C=O) groups is 1. The van der Waals surface area contributed by atoms with Crippen molar-refractivity contribution in [3.05, 3.63) is 76.8 Å². The first-order valence-electron chi connectivity index (χ1n) is 6.91. The third kappa shape index (κ3) is 4.21. The second kappa shape index (κ2) is 7.80. The second-order valence-corrected chi connectivity index (χ2v) is 5.70. The summed E-state index contributed by atoms with van der Waals surface area (Å²) in [6.07, 6.45) is 1.35. The van der Waals surface area contributed by atoms with Crippen molar-refractivity contribution in [1.82, 2.24) is 4.90 Å². The van der Waals surface area contributed by atoms with Gasteiger partial charge in [0.2, 0.25) is 5.91 Å². The van der Waals surface area contributed by atoms with E-state index >= 15 is 0 Å². The fraction of sp³-hybridized carbons (Fsp3) is 0.167. The predicted molar refractivity (Wildman–Crippen MR) is 91.6 cm³/mol. The van der Waals surface area contributed by atoms with Crippen molar-refractivity contribution in [3.8, 4) is 5.75 Å². The summed E-state index contributed by atoms with van der Waals surface area (Å²) in [7, 11) is 1.63. The van der Waals surface area contributed by atoms with Crippen LogP contribution in [-0.2, 0) is 17.9 Å². The highest BCUT2D eigenvalue weighted by Crippen LogP contribution is 2.24. The van der Waals surface area contributed by atoms with Crippen LogP contribution in [0.3, 0.4) is 0 Å². The van der Waals surface area contributed by atoms with E-state index in [9.17, 15) is 4.79 Å². The lowest BCUT2D eigenvalue weighted by Crippen LogP contribution is -2.28. The van der Waals surface area contributed by atoms with Gasteiger partial charge in [-0.2, -0.15) is 0 Å².